The molecule has 0 bridgehead atoms. The minimum atomic E-state index is -0.711. The number of aliphatic hydroxyl groups is 2. The molecule has 0 amide bonds. The predicted octanol–water partition coefficient (Wildman–Crippen LogP) is 0.658. The van der Waals surface area contributed by atoms with Gasteiger partial charge in [0.2, 0.25) is 0 Å². The van der Waals surface area contributed by atoms with E-state index in [2.05, 4.69) is 5.32 Å². The molecule has 104 valence electrons. The van der Waals surface area contributed by atoms with Crippen molar-refractivity contribution in [1.82, 2.24) is 5.32 Å². The third-order valence-electron chi connectivity index (χ3n) is 2.65. The summed E-state index contributed by atoms with van der Waals surface area (Å²) in [6.45, 7) is 4.06. The Kier molecular flexibility index (Phi) is 5.77. The summed E-state index contributed by atoms with van der Waals surface area (Å²) in [5.41, 5.74) is 0.00397. The molecule has 0 aliphatic carbocycles. The van der Waals surface area contributed by atoms with Gasteiger partial charge in [0.1, 0.15) is 24.5 Å². The highest BCUT2D eigenvalue weighted by atomic mass is 16.5. The Labute approximate surface area is 113 Å². The molecule has 1 unspecified atom stereocenters. The number of β-amino-alcohol motifs (C(OH)–C–C–N with tert-alkyl or cyclic N) is 1. The fourth-order valence-electron chi connectivity index (χ4n) is 1.38. The van der Waals surface area contributed by atoms with Crippen molar-refractivity contribution in [3.05, 3.63) is 29.8 Å². The third-order valence-corrected chi connectivity index (χ3v) is 2.65. The second-order valence-electron chi connectivity index (χ2n) is 5.00. The van der Waals surface area contributed by atoms with Gasteiger partial charge in [-0.25, -0.2) is 0 Å². The molecule has 0 aliphatic rings. The average molecular weight is 264 g/mol. The summed E-state index contributed by atoms with van der Waals surface area (Å²) < 4.78 is 5.41. The Morgan fingerprint density at radius 1 is 1.42 bits per heavy atom. The van der Waals surface area contributed by atoms with Gasteiger partial charge in [0.05, 0.1) is 12.2 Å². The van der Waals surface area contributed by atoms with E-state index in [1.54, 1.807) is 24.3 Å². The lowest BCUT2D eigenvalue weighted by Crippen LogP contribution is -2.47. The van der Waals surface area contributed by atoms with Crippen LogP contribution in [0.2, 0.25) is 0 Å². The molecule has 0 fully saturated rings. The molecule has 19 heavy (non-hydrogen) atoms. The standard InChI is InChI=1S/C14H20N2O3/c1-14(2,10-17)16-8-12(18)9-19-13-6-4-3-5-11(13)7-15/h3-6,12,16-18H,8-10H2,1-2H3. The molecule has 0 saturated carbocycles. The monoisotopic (exact) mass is 264 g/mol. The number of nitrogens with zero attached hydrogens (tertiary/aromatic N) is 1. The molecule has 0 aliphatic heterocycles. The van der Waals surface area contributed by atoms with Crippen LogP contribution in [-0.4, -0.2) is 41.6 Å². The van der Waals surface area contributed by atoms with E-state index in [9.17, 15) is 5.11 Å². The van der Waals surface area contributed by atoms with Crippen LogP contribution in [0.1, 0.15) is 19.4 Å². The van der Waals surface area contributed by atoms with Crippen molar-refractivity contribution in [3.63, 3.8) is 0 Å². The van der Waals surface area contributed by atoms with Crippen molar-refractivity contribution in [1.29, 1.82) is 5.26 Å². The molecular weight excluding hydrogens is 244 g/mol. The van der Waals surface area contributed by atoms with Crippen molar-refractivity contribution >= 4 is 0 Å². The molecule has 0 radical (unpaired) electrons. The van der Waals surface area contributed by atoms with E-state index in [1.807, 2.05) is 19.9 Å². The summed E-state index contributed by atoms with van der Waals surface area (Å²) >= 11 is 0. The number of nitriles is 1. The van der Waals surface area contributed by atoms with E-state index >= 15 is 0 Å². The second-order valence-corrected chi connectivity index (χ2v) is 5.00. The van der Waals surface area contributed by atoms with E-state index in [0.717, 1.165) is 0 Å². The molecule has 1 aromatic rings. The molecule has 5 nitrogen and oxygen atoms in total. The number of hydrogen-bond donors (Lipinski definition) is 3. The van der Waals surface area contributed by atoms with Gasteiger partial charge in [-0.05, 0) is 26.0 Å². The number of nitrogens with one attached hydrogen (secondary N) is 1. The first-order valence-electron chi connectivity index (χ1n) is 6.14. The van der Waals surface area contributed by atoms with Gasteiger partial charge in [0.25, 0.3) is 0 Å². The summed E-state index contributed by atoms with van der Waals surface area (Å²) in [4.78, 5) is 0. The van der Waals surface area contributed by atoms with E-state index in [1.165, 1.54) is 0 Å². The zero-order chi connectivity index (χ0) is 14.3. The summed E-state index contributed by atoms with van der Waals surface area (Å²) in [6, 6.07) is 8.91. The van der Waals surface area contributed by atoms with Crippen LogP contribution in [0.4, 0.5) is 0 Å². The van der Waals surface area contributed by atoms with Gasteiger partial charge in [-0.15, -0.1) is 0 Å². The van der Waals surface area contributed by atoms with Crippen LogP contribution in [0.15, 0.2) is 24.3 Å². The highest BCUT2D eigenvalue weighted by Gasteiger charge is 2.17. The van der Waals surface area contributed by atoms with Gasteiger partial charge in [-0.1, -0.05) is 12.1 Å². The van der Waals surface area contributed by atoms with Crippen molar-refractivity contribution in [2.24, 2.45) is 0 Å². The Morgan fingerprint density at radius 3 is 2.74 bits per heavy atom. The molecule has 1 aromatic carbocycles. The van der Waals surface area contributed by atoms with E-state index in [0.29, 0.717) is 17.9 Å². The molecule has 0 aromatic heterocycles. The lowest BCUT2D eigenvalue weighted by atomic mass is 10.1. The predicted molar refractivity (Wildman–Crippen MR) is 71.8 cm³/mol. The number of para-hydroxylation sites is 1. The van der Waals surface area contributed by atoms with Crippen LogP contribution in [0.25, 0.3) is 0 Å². The summed E-state index contributed by atoms with van der Waals surface area (Å²) in [5.74, 6) is 0.463. The number of ether oxygens (including phenoxy) is 1. The van der Waals surface area contributed by atoms with Gasteiger partial charge in [0.15, 0.2) is 0 Å². The van der Waals surface area contributed by atoms with Gasteiger partial charge >= 0.3 is 0 Å². The largest absolute Gasteiger partial charge is 0.489 e. The molecule has 0 heterocycles. The van der Waals surface area contributed by atoms with E-state index in [4.69, 9.17) is 15.1 Å². The van der Waals surface area contributed by atoms with Crippen LogP contribution in [0.5, 0.6) is 5.75 Å². The maximum Gasteiger partial charge on any atom is 0.137 e. The number of hydrogen-bond acceptors (Lipinski definition) is 5. The third kappa shape index (κ3) is 5.26. The second kappa shape index (κ2) is 7.10. The van der Waals surface area contributed by atoms with E-state index < -0.39 is 11.6 Å². The maximum atomic E-state index is 9.78. The first-order valence-corrected chi connectivity index (χ1v) is 6.14. The molecule has 3 N–H and O–H groups in total. The van der Waals surface area contributed by atoms with Crippen molar-refractivity contribution in [3.8, 4) is 11.8 Å². The quantitative estimate of drug-likeness (QED) is 0.673. The molecule has 0 saturated heterocycles. The van der Waals surface area contributed by atoms with Gasteiger partial charge in [-0.2, -0.15) is 5.26 Å². The normalized spacial score (nSPS) is 12.8. The van der Waals surface area contributed by atoms with Gasteiger partial charge in [-0.3, -0.25) is 0 Å². The number of aliphatic hydroxyl groups excluding tert-OH is 2. The molecule has 1 rings (SSSR count). The van der Waals surface area contributed by atoms with Crippen LogP contribution in [0, 0.1) is 11.3 Å². The topological polar surface area (TPSA) is 85.5 Å². The van der Waals surface area contributed by atoms with E-state index in [-0.39, 0.29) is 13.2 Å². The van der Waals surface area contributed by atoms with Crippen LogP contribution in [-0.2, 0) is 0 Å². The minimum Gasteiger partial charge on any atom is -0.489 e. The zero-order valence-electron chi connectivity index (χ0n) is 11.3. The number of rotatable bonds is 7. The Hall–Kier alpha value is -1.61. The highest BCUT2D eigenvalue weighted by molar-refractivity contribution is 5.42. The number of benzene rings is 1. The first-order chi connectivity index (χ1) is 8.98. The van der Waals surface area contributed by atoms with Gasteiger partial charge in [0, 0.05) is 12.1 Å². The Morgan fingerprint density at radius 2 is 2.11 bits per heavy atom. The summed E-state index contributed by atoms with van der Waals surface area (Å²) in [6.07, 6.45) is -0.711. The smallest absolute Gasteiger partial charge is 0.137 e. The zero-order valence-corrected chi connectivity index (χ0v) is 11.3. The molecule has 5 heteroatoms. The van der Waals surface area contributed by atoms with Crippen molar-refractivity contribution < 1.29 is 14.9 Å². The van der Waals surface area contributed by atoms with Gasteiger partial charge < -0.3 is 20.3 Å². The lowest BCUT2D eigenvalue weighted by Gasteiger charge is -2.25. The van der Waals surface area contributed by atoms with Crippen LogP contribution < -0.4 is 10.1 Å². The summed E-state index contributed by atoms with van der Waals surface area (Å²) in [7, 11) is 0. The SMILES string of the molecule is CC(C)(CO)NCC(O)COc1ccccc1C#N. The molecule has 1 atom stereocenters. The van der Waals surface area contributed by atoms with Crippen molar-refractivity contribution in [2.45, 2.75) is 25.5 Å². The average Bonchev–Trinajstić information content (AvgIpc) is 2.43. The van der Waals surface area contributed by atoms with Crippen LogP contribution >= 0.6 is 0 Å². The fourth-order valence-corrected chi connectivity index (χ4v) is 1.38. The molecule has 0 spiro atoms. The van der Waals surface area contributed by atoms with Crippen molar-refractivity contribution in [2.75, 3.05) is 19.8 Å². The Bertz CT molecular complexity index is 441. The first kappa shape index (κ1) is 15.4. The Balaban J connectivity index is 2.42. The fraction of sp³-hybridized carbons (Fsp3) is 0.500. The maximum absolute atomic E-state index is 9.78. The minimum absolute atomic E-state index is 0.0160. The lowest BCUT2D eigenvalue weighted by molar-refractivity contribution is 0.0905. The van der Waals surface area contributed by atoms with Crippen LogP contribution in [0.3, 0.4) is 0 Å². The molecular formula is C14H20N2O3. The summed E-state index contributed by atoms with van der Waals surface area (Å²) in [5, 5.41) is 30.8. The highest BCUT2D eigenvalue weighted by Crippen LogP contribution is 2.16.